The van der Waals surface area contributed by atoms with Crippen molar-refractivity contribution in [2.75, 3.05) is 13.4 Å². The molecule has 76 valence electrons. The number of halogens is 1. The fraction of sp³-hybridized carbons (Fsp3) is 0.875. The van der Waals surface area contributed by atoms with Gasteiger partial charge in [0.05, 0.1) is 6.42 Å². The van der Waals surface area contributed by atoms with Gasteiger partial charge in [-0.3, -0.25) is 4.79 Å². The number of hydrogen-bond acceptors (Lipinski definition) is 4. The average Bonchev–Trinajstić information content (AvgIpc) is 2.09. The minimum absolute atomic E-state index is 0.0625. The van der Waals surface area contributed by atoms with Gasteiger partial charge in [0, 0.05) is 12.5 Å². The number of esters is 1. The van der Waals surface area contributed by atoms with Crippen LogP contribution in [-0.4, -0.2) is 29.5 Å². The summed E-state index contributed by atoms with van der Waals surface area (Å²) in [6.45, 7) is 0.195. The van der Waals surface area contributed by atoms with E-state index in [-0.39, 0.29) is 16.9 Å². The van der Waals surface area contributed by atoms with Gasteiger partial charge in [-0.15, -0.1) is 0 Å². The minimum Gasteiger partial charge on any atom is -0.439 e. The summed E-state index contributed by atoms with van der Waals surface area (Å²) in [7, 11) is 0. The van der Waals surface area contributed by atoms with E-state index in [1.165, 1.54) is 0 Å². The van der Waals surface area contributed by atoms with Crippen molar-refractivity contribution in [2.24, 2.45) is 5.92 Å². The Bertz CT molecular complexity index is 174. The van der Waals surface area contributed by atoms with Gasteiger partial charge in [0.15, 0.2) is 6.79 Å². The van der Waals surface area contributed by atoms with Crippen LogP contribution in [0.1, 0.15) is 19.3 Å². The molecule has 13 heavy (non-hydrogen) atoms. The lowest BCUT2D eigenvalue weighted by Crippen LogP contribution is -2.27. The molecule has 0 aromatic carbocycles. The lowest BCUT2D eigenvalue weighted by molar-refractivity contribution is -0.154. The molecule has 0 saturated carbocycles. The first-order valence-electron chi connectivity index (χ1n) is 4.26. The molecule has 1 heterocycles. The van der Waals surface area contributed by atoms with Gasteiger partial charge in [-0.25, -0.2) is 0 Å². The molecule has 2 unspecified atom stereocenters. The van der Waals surface area contributed by atoms with Crippen LogP contribution in [0.25, 0.3) is 0 Å². The monoisotopic (exact) mass is 252 g/mol. The number of ether oxygens (including phenoxy) is 2. The lowest BCUT2D eigenvalue weighted by atomic mass is 9.99. The standard InChI is InChI=1S/C8H13BrO4/c9-8-6(2-1-3-12-8)4-7(11)13-5-10/h6,8,10H,1-5H2. The molecule has 0 aromatic heterocycles. The second-order valence-electron chi connectivity index (χ2n) is 2.97. The van der Waals surface area contributed by atoms with Gasteiger partial charge in [-0.05, 0) is 12.8 Å². The fourth-order valence-corrected chi connectivity index (χ4v) is 1.99. The van der Waals surface area contributed by atoms with E-state index in [1.807, 2.05) is 0 Å². The van der Waals surface area contributed by atoms with Crippen molar-refractivity contribution in [2.45, 2.75) is 24.3 Å². The van der Waals surface area contributed by atoms with Crippen molar-refractivity contribution in [3.63, 3.8) is 0 Å². The van der Waals surface area contributed by atoms with Gasteiger partial charge in [0.1, 0.15) is 5.01 Å². The van der Waals surface area contributed by atoms with Gasteiger partial charge >= 0.3 is 5.97 Å². The molecule has 0 spiro atoms. The number of rotatable bonds is 3. The number of aliphatic hydroxyl groups is 1. The molecule has 5 heteroatoms. The van der Waals surface area contributed by atoms with Crippen molar-refractivity contribution < 1.29 is 19.4 Å². The van der Waals surface area contributed by atoms with Crippen molar-refractivity contribution in [1.82, 2.24) is 0 Å². The number of carbonyl (C=O) groups is 1. The Morgan fingerprint density at radius 3 is 3.08 bits per heavy atom. The summed E-state index contributed by atoms with van der Waals surface area (Å²) < 4.78 is 9.75. The maximum atomic E-state index is 11.0. The summed E-state index contributed by atoms with van der Waals surface area (Å²) in [4.78, 5) is 11.0. The van der Waals surface area contributed by atoms with E-state index in [9.17, 15) is 4.79 Å². The van der Waals surface area contributed by atoms with Crippen molar-refractivity contribution in [3.05, 3.63) is 0 Å². The average molecular weight is 253 g/mol. The minimum atomic E-state index is -0.542. The van der Waals surface area contributed by atoms with E-state index in [0.717, 1.165) is 19.4 Å². The van der Waals surface area contributed by atoms with Crippen molar-refractivity contribution >= 4 is 21.9 Å². The molecular formula is C8H13BrO4. The van der Waals surface area contributed by atoms with Crippen LogP contribution < -0.4 is 0 Å². The number of hydrogen-bond donors (Lipinski definition) is 1. The molecular weight excluding hydrogens is 240 g/mol. The maximum absolute atomic E-state index is 11.0. The Morgan fingerprint density at radius 2 is 2.46 bits per heavy atom. The highest BCUT2D eigenvalue weighted by atomic mass is 79.9. The van der Waals surface area contributed by atoms with Crippen LogP contribution in [0.2, 0.25) is 0 Å². The first-order valence-corrected chi connectivity index (χ1v) is 5.17. The third-order valence-electron chi connectivity index (χ3n) is 2.02. The Morgan fingerprint density at radius 1 is 1.69 bits per heavy atom. The summed E-state index contributed by atoms with van der Waals surface area (Å²) in [5, 5.41) is 8.28. The Balaban J connectivity index is 2.29. The molecule has 1 fully saturated rings. The van der Waals surface area contributed by atoms with E-state index in [4.69, 9.17) is 9.84 Å². The third kappa shape index (κ3) is 3.62. The number of aliphatic hydroxyl groups excluding tert-OH is 1. The maximum Gasteiger partial charge on any atom is 0.308 e. The summed E-state index contributed by atoms with van der Waals surface area (Å²) in [6.07, 6.45) is 2.23. The summed E-state index contributed by atoms with van der Waals surface area (Å²) in [6, 6.07) is 0. The summed E-state index contributed by atoms with van der Waals surface area (Å²) in [5.41, 5.74) is 0. The molecule has 0 aliphatic carbocycles. The predicted octanol–water partition coefficient (Wildman–Crippen LogP) is 1.02. The van der Waals surface area contributed by atoms with Crippen molar-refractivity contribution in [3.8, 4) is 0 Å². The molecule has 0 bridgehead atoms. The lowest BCUT2D eigenvalue weighted by Gasteiger charge is -2.26. The Hall–Kier alpha value is -0.130. The molecule has 1 aliphatic heterocycles. The molecule has 0 aromatic rings. The van der Waals surface area contributed by atoms with Crippen LogP contribution in [0.3, 0.4) is 0 Å². The van der Waals surface area contributed by atoms with Crippen LogP contribution >= 0.6 is 15.9 Å². The topological polar surface area (TPSA) is 55.8 Å². The normalized spacial score (nSPS) is 28.5. The van der Waals surface area contributed by atoms with Gasteiger partial charge in [-0.1, -0.05) is 15.9 Å². The summed E-state index contributed by atoms with van der Waals surface area (Å²) in [5.74, 6) is -0.213. The molecule has 1 saturated heterocycles. The van der Waals surface area contributed by atoms with Crippen LogP contribution in [-0.2, 0) is 14.3 Å². The van der Waals surface area contributed by atoms with Crippen molar-refractivity contribution in [1.29, 1.82) is 0 Å². The number of carbonyl (C=O) groups excluding carboxylic acids is 1. The van der Waals surface area contributed by atoms with E-state index in [0.29, 0.717) is 6.42 Å². The molecule has 0 amide bonds. The first-order chi connectivity index (χ1) is 6.24. The van der Waals surface area contributed by atoms with E-state index in [1.54, 1.807) is 0 Å². The number of alkyl halides is 1. The van der Waals surface area contributed by atoms with Crippen LogP contribution in [0.5, 0.6) is 0 Å². The fourth-order valence-electron chi connectivity index (χ4n) is 1.35. The molecule has 1 rings (SSSR count). The third-order valence-corrected chi connectivity index (χ3v) is 3.03. The Kier molecular flexibility index (Phi) is 4.69. The zero-order valence-electron chi connectivity index (χ0n) is 7.24. The van der Waals surface area contributed by atoms with Gasteiger partial charge in [0.2, 0.25) is 0 Å². The summed E-state index contributed by atoms with van der Waals surface area (Å²) >= 11 is 3.34. The van der Waals surface area contributed by atoms with Crippen LogP contribution in [0.15, 0.2) is 0 Å². The van der Waals surface area contributed by atoms with Crippen LogP contribution in [0, 0.1) is 5.92 Å². The Labute approximate surface area is 85.3 Å². The van der Waals surface area contributed by atoms with Gasteiger partial charge < -0.3 is 14.6 Å². The highest BCUT2D eigenvalue weighted by molar-refractivity contribution is 9.09. The van der Waals surface area contributed by atoms with Gasteiger partial charge in [0.25, 0.3) is 0 Å². The second-order valence-corrected chi connectivity index (χ2v) is 3.88. The molecule has 1 aliphatic rings. The quantitative estimate of drug-likeness (QED) is 0.463. The van der Waals surface area contributed by atoms with E-state index < -0.39 is 6.79 Å². The highest BCUT2D eigenvalue weighted by Gasteiger charge is 2.26. The largest absolute Gasteiger partial charge is 0.439 e. The highest BCUT2D eigenvalue weighted by Crippen LogP contribution is 2.27. The van der Waals surface area contributed by atoms with Gasteiger partial charge in [-0.2, -0.15) is 0 Å². The van der Waals surface area contributed by atoms with E-state index >= 15 is 0 Å². The smallest absolute Gasteiger partial charge is 0.308 e. The second kappa shape index (κ2) is 5.57. The zero-order chi connectivity index (χ0) is 9.68. The molecule has 4 nitrogen and oxygen atoms in total. The molecule has 2 atom stereocenters. The zero-order valence-corrected chi connectivity index (χ0v) is 8.83. The first kappa shape index (κ1) is 10.9. The molecule has 0 radical (unpaired) electrons. The van der Waals surface area contributed by atoms with E-state index in [2.05, 4.69) is 20.7 Å². The van der Waals surface area contributed by atoms with Crippen LogP contribution in [0.4, 0.5) is 0 Å². The predicted molar refractivity (Wildman–Crippen MR) is 49.2 cm³/mol. The SMILES string of the molecule is O=C(CC1CCCOC1Br)OCO. The molecule has 1 N–H and O–H groups in total.